The molecular weight excluding hydrogens is 265 g/mol. The summed E-state index contributed by atoms with van der Waals surface area (Å²) in [6.07, 6.45) is -0.177. The van der Waals surface area contributed by atoms with E-state index in [4.69, 9.17) is 10.8 Å². The summed E-state index contributed by atoms with van der Waals surface area (Å²) in [5.74, 6) is -1.39. The summed E-state index contributed by atoms with van der Waals surface area (Å²) in [6, 6.07) is 11.6. The topological polar surface area (TPSA) is 63.3 Å². The van der Waals surface area contributed by atoms with Crippen LogP contribution in [0.25, 0.3) is 0 Å². The van der Waals surface area contributed by atoms with Crippen molar-refractivity contribution < 1.29 is 14.3 Å². The highest BCUT2D eigenvalue weighted by molar-refractivity contribution is 7.99. The summed E-state index contributed by atoms with van der Waals surface area (Å²) in [6.45, 7) is 0. The Kier molecular flexibility index (Phi) is 4.06. The van der Waals surface area contributed by atoms with Gasteiger partial charge in [0.2, 0.25) is 0 Å². The Morgan fingerprint density at radius 3 is 2.47 bits per heavy atom. The number of benzene rings is 2. The number of hydrogen-bond donors (Lipinski definition) is 2. The molecule has 98 valence electrons. The molecule has 19 heavy (non-hydrogen) atoms. The van der Waals surface area contributed by atoms with Gasteiger partial charge in [0.05, 0.1) is 6.42 Å². The molecule has 2 aromatic carbocycles. The number of rotatable bonds is 4. The van der Waals surface area contributed by atoms with E-state index < -0.39 is 11.8 Å². The third kappa shape index (κ3) is 3.72. The van der Waals surface area contributed by atoms with E-state index in [0.29, 0.717) is 16.1 Å². The van der Waals surface area contributed by atoms with Crippen LogP contribution in [0.5, 0.6) is 0 Å². The van der Waals surface area contributed by atoms with Crippen molar-refractivity contribution in [3.8, 4) is 0 Å². The first-order chi connectivity index (χ1) is 9.04. The Morgan fingerprint density at radius 1 is 1.21 bits per heavy atom. The summed E-state index contributed by atoms with van der Waals surface area (Å²) in [5, 5.41) is 8.65. The van der Waals surface area contributed by atoms with Gasteiger partial charge in [0, 0.05) is 15.5 Å². The van der Waals surface area contributed by atoms with Crippen molar-refractivity contribution in [3.05, 3.63) is 53.8 Å². The van der Waals surface area contributed by atoms with Crippen LogP contribution < -0.4 is 5.73 Å². The minimum absolute atomic E-state index is 0.177. The molecule has 0 spiro atoms. The molecule has 0 atom stereocenters. The van der Waals surface area contributed by atoms with Gasteiger partial charge in [0.1, 0.15) is 5.82 Å². The van der Waals surface area contributed by atoms with E-state index in [-0.39, 0.29) is 6.42 Å². The molecule has 0 heterocycles. The summed E-state index contributed by atoms with van der Waals surface area (Å²) < 4.78 is 13.8. The SMILES string of the molecule is Nc1ccc(Sc2ccc(CC(=O)O)cc2F)cc1. The number of nitrogens with two attached hydrogens (primary N) is 1. The van der Waals surface area contributed by atoms with Gasteiger partial charge in [-0.1, -0.05) is 17.8 Å². The number of aliphatic carboxylic acids is 1. The summed E-state index contributed by atoms with van der Waals surface area (Å²) in [5.41, 5.74) is 6.68. The van der Waals surface area contributed by atoms with E-state index in [1.54, 1.807) is 24.3 Å². The van der Waals surface area contributed by atoms with Crippen LogP contribution in [0.4, 0.5) is 10.1 Å². The molecular formula is C14H12FNO2S. The van der Waals surface area contributed by atoms with E-state index in [9.17, 15) is 9.18 Å². The maximum atomic E-state index is 13.8. The lowest BCUT2D eigenvalue weighted by Crippen LogP contribution is -2.00. The summed E-state index contributed by atoms with van der Waals surface area (Å²) in [7, 11) is 0. The minimum atomic E-state index is -0.974. The quantitative estimate of drug-likeness (QED) is 0.842. The first-order valence-electron chi connectivity index (χ1n) is 5.58. The van der Waals surface area contributed by atoms with E-state index in [0.717, 1.165) is 4.90 Å². The Bertz CT molecular complexity index is 599. The number of halogens is 1. The van der Waals surface area contributed by atoms with Gasteiger partial charge in [-0.3, -0.25) is 4.79 Å². The Morgan fingerprint density at radius 2 is 1.89 bits per heavy atom. The van der Waals surface area contributed by atoms with Crippen molar-refractivity contribution in [1.29, 1.82) is 0 Å². The van der Waals surface area contributed by atoms with E-state index in [2.05, 4.69) is 0 Å². The summed E-state index contributed by atoms with van der Waals surface area (Å²) >= 11 is 1.27. The first-order valence-corrected chi connectivity index (χ1v) is 6.40. The van der Waals surface area contributed by atoms with Crippen molar-refractivity contribution in [2.75, 3.05) is 5.73 Å². The number of nitrogen functional groups attached to an aromatic ring is 1. The third-order valence-corrected chi connectivity index (χ3v) is 3.52. The molecule has 0 amide bonds. The molecule has 0 aliphatic rings. The third-order valence-electron chi connectivity index (χ3n) is 2.46. The fourth-order valence-corrected chi connectivity index (χ4v) is 2.39. The van der Waals surface area contributed by atoms with Crippen molar-refractivity contribution in [2.45, 2.75) is 16.2 Å². The molecule has 0 bridgehead atoms. The average molecular weight is 277 g/mol. The van der Waals surface area contributed by atoms with Crippen molar-refractivity contribution >= 4 is 23.4 Å². The predicted molar refractivity (Wildman–Crippen MR) is 72.7 cm³/mol. The van der Waals surface area contributed by atoms with Crippen LogP contribution in [0, 0.1) is 5.82 Å². The first kappa shape index (κ1) is 13.4. The number of hydrogen-bond acceptors (Lipinski definition) is 3. The number of anilines is 1. The van der Waals surface area contributed by atoms with Gasteiger partial charge in [-0.15, -0.1) is 0 Å². The molecule has 0 radical (unpaired) electrons. The normalized spacial score (nSPS) is 10.4. The van der Waals surface area contributed by atoms with Gasteiger partial charge < -0.3 is 10.8 Å². The van der Waals surface area contributed by atoms with Crippen molar-refractivity contribution in [1.82, 2.24) is 0 Å². The Balaban J connectivity index is 2.17. The zero-order valence-electron chi connectivity index (χ0n) is 9.97. The lowest BCUT2D eigenvalue weighted by Gasteiger charge is -2.05. The van der Waals surface area contributed by atoms with E-state index in [1.807, 2.05) is 12.1 Å². The van der Waals surface area contributed by atoms with Gasteiger partial charge in [0.25, 0.3) is 0 Å². The van der Waals surface area contributed by atoms with Gasteiger partial charge in [-0.2, -0.15) is 0 Å². The largest absolute Gasteiger partial charge is 0.481 e. The van der Waals surface area contributed by atoms with Gasteiger partial charge in [-0.05, 0) is 42.0 Å². The average Bonchev–Trinajstić information content (AvgIpc) is 2.34. The van der Waals surface area contributed by atoms with Crippen LogP contribution in [0.15, 0.2) is 52.3 Å². The Labute approximate surface area is 114 Å². The highest BCUT2D eigenvalue weighted by Crippen LogP contribution is 2.30. The lowest BCUT2D eigenvalue weighted by atomic mass is 10.1. The number of carbonyl (C=O) groups is 1. The van der Waals surface area contributed by atoms with Gasteiger partial charge in [-0.25, -0.2) is 4.39 Å². The van der Waals surface area contributed by atoms with Crippen LogP contribution in [0.1, 0.15) is 5.56 Å². The van der Waals surface area contributed by atoms with Crippen LogP contribution in [0.3, 0.4) is 0 Å². The van der Waals surface area contributed by atoms with Gasteiger partial charge in [0.15, 0.2) is 0 Å². The highest BCUT2D eigenvalue weighted by Gasteiger charge is 2.07. The standard InChI is InChI=1S/C14H12FNO2S/c15-12-7-9(8-14(17)18)1-6-13(12)19-11-4-2-10(16)3-5-11/h1-7H,8,16H2,(H,17,18). The van der Waals surface area contributed by atoms with Crippen LogP contribution >= 0.6 is 11.8 Å². The Hall–Kier alpha value is -2.01. The molecule has 0 aliphatic carbocycles. The second-order valence-electron chi connectivity index (χ2n) is 4.01. The fraction of sp³-hybridized carbons (Fsp3) is 0.0714. The maximum Gasteiger partial charge on any atom is 0.307 e. The molecule has 5 heteroatoms. The van der Waals surface area contributed by atoms with Crippen LogP contribution in [-0.4, -0.2) is 11.1 Å². The lowest BCUT2D eigenvalue weighted by molar-refractivity contribution is -0.136. The predicted octanol–water partition coefficient (Wildman–Crippen LogP) is 3.19. The monoisotopic (exact) mass is 277 g/mol. The molecule has 2 aromatic rings. The smallest absolute Gasteiger partial charge is 0.307 e. The molecule has 3 nitrogen and oxygen atoms in total. The molecule has 0 fully saturated rings. The molecule has 0 saturated heterocycles. The van der Waals surface area contributed by atoms with E-state index >= 15 is 0 Å². The molecule has 3 N–H and O–H groups in total. The fourth-order valence-electron chi connectivity index (χ4n) is 1.57. The minimum Gasteiger partial charge on any atom is -0.481 e. The maximum absolute atomic E-state index is 13.8. The zero-order chi connectivity index (χ0) is 13.8. The molecule has 0 aliphatic heterocycles. The van der Waals surface area contributed by atoms with Crippen molar-refractivity contribution in [3.63, 3.8) is 0 Å². The van der Waals surface area contributed by atoms with Crippen molar-refractivity contribution in [2.24, 2.45) is 0 Å². The van der Waals surface area contributed by atoms with Crippen LogP contribution in [0.2, 0.25) is 0 Å². The molecule has 0 aromatic heterocycles. The zero-order valence-corrected chi connectivity index (χ0v) is 10.8. The second kappa shape index (κ2) is 5.75. The van der Waals surface area contributed by atoms with E-state index in [1.165, 1.54) is 17.8 Å². The molecule has 0 saturated carbocycles. The number of carboxylic acid groups (broad SMARTS) is 1. The molecule has 0 unspecified atom stereocenters. The molecule has 2 rings (SSSR count). The number of carboxylic acids is 1. The van der Waals surface area contributed by atoms with Gasteiger partial charge >= 0.3 is 5.97 Å². The summed E-state index contributed by atoms with van der Waals surface area (Å²) in [4.78, 5) is 11.9. The second-order valence-corrected chi connectivity index (χ2v) is 5.12. The van der Waals surface area contributed by atoms with Crippen LogP contribution in [-0.2, 0) is 11.2 Å². The highest BCUT2D eigenvalue weighted by atomic mass is 32.2.